The molecular weight excluding hydrogens is 320 g/mol. The lowest BCUT2D eigenvalue weighted by Gasteiger charge is -2.34. The molecule has 0 aliphatic carbocycles. The molecule has 0 radical (unpaired) electrons. The summed E-state index contributed by atoms with van der Waals surface area (Å²) in [6, 6.07) is 9.59. The monoisotopic (exact) mass is 348 g/mol. The van der Waals surface area contributed by atoms with Crippen LogP contribution in [0.4, 0.5) is 4.79 Å². The van der Waals surface area contributed by atoms with Crippen molar-refractivity contribution in [2.75, 3.05) is 39.4 Å². The SMILES string of the molecule is CCCCOC(=O)N1CCN(C(=O)CCCOc2ccccc2)CC1. The number of hydrogen-bond donors (Lipinski definition) is 0. The number of carbonyl (C=O) groups is 2. The van der Waals surface area contributed by atoms with E-state index in [2.05, 4.69) is 6.92 Å². The van der Waals surface area contributed by atoms with Gasteiger partial charge in [-0.2, -0.15) is 0 Å². The van der Waals surface area contributed by atoms with Gasteiger partial charge >= 0.3 is 6.09 Å². The quantitative estimate of drug-likeness (QED) is 0.678. The van der Waals surface area contributed by atoms with Crippen LogP contribution < -0.4 is 4.74 Å². The largest absolute Gasteiger partial charge is 0.494 e. The zero-order valence-electron chi connectivity index (χ0n) is 15.0. The first kappa shape index (κ1) is 19.1. The summed E-state index contributed by atoms with van der Waals surface area (Å²) in [5, 5.41) is 0. The molecule has 6 heteroatoms. The maximum absolute atomic E-state index is 12.2. The Morgan fingerprint density at radius 3 is 2.32 bits per heavy atom. The van der Waals surface area contributed by atoms with E-state index >= 15 is 0 Å². The molecule has 0 N–H and O–H groups in total. The van der Waals surface area contributed by atoms with Gasteiger partial charge in [-0.3, -0.25) is 4.79 Å². The minimum absolute atomic E-state index is 0.121. The van der Waals surface area contributed by atoms with E-state index in [9.17, 15) is 9.59 Å². The fourth-order valence-corrected chi connectivity index (χ4v) is 2.62. The molecule has 25 heavy (non-hydrogen) atoms. The van der Waals surface area contributed by atoms with E-state index in [0.29, 0.717) is 52.2 Å². The summed E-state index contributed by atoms with van der Waals surface area (Å²) in [6.07, 6.45) is 2.77. The molecule has 6 nitrogen and oxygen atoms in total. The number of benzene rings is 1. The standard InChI is InChI=1S/C19H28N2O4/c1-2-3-15-25-19(23)21-13-11-20(12-14-21)18(22)10-7-16-24-17-8-5-4-6-9-17/h4-6,8-9H,2-3,7,10-16H2,1H3. The second-order valence-corrected chi connectivity index (χ2v) is 6.10. The summed E-state index contributed by atoms with van der Waals surface area (Å²) in [4.78, 5) is 27.6. The van der Waals surface area contributed by atoms with Crippen molar-refractivity contribution in [3.63, 3.8) is 0 Å². The molecule has 1 aliphatic heterocycles. The lowest BCUT2D eigenvalue weighted by molar-refractivity contribution is -0.133. The van der Waals surface area contributed by atoms with Crippen molar-refractivity contribution in [3.05, 3.63) is 30.3 Å². The molecule has 138 valence electrons. The van der Waals surface area contributed by atoms with Gasteiger partial charge in [0.2, 0.25) is 5.91 Å². The Kier molecular flexibility index (Phi) is 8.09. The Hall–Kier alpha value is -2.24. The first-order valence-electron chi connectivity index (χ1n) is 9.08. The number of piperazine rings is 1. The maximum atomic E-state index is 12.2. The van der Waals surface area contributed by atoms with Gasteiger partial charge in [0.15, 0.2) is 0 Å². The zero-order chi connectivity index (χ0) is 17.9. The minimum atomic E-state index is -0.267. The van der Waals surface area contributed by atoms with Gasteiger partial charge in [0.25, 0.3) is 0 Å². The Bertz CT molecular complexity index is 527. The van der Waals surface area contributed by atoms with Gasteiger partial charge in [-0.15, -0.1) is 0 Å². The Balaban J connectivity index is 1.60. The van der Waals surface area contributed by atoms with Crippen molar-refractivity contribution in [1.82, 2.24) is 9.80 Å². The van der Waals surface area contributed by atoms with Crippen molar-refractivity contribution in [2.24, 2.45) is 0 Å². The number of nitrogens with zero attached hydrogens (tertiary/aromatic N) is 2. The van der Waals surface area contributed by atoms with E-state index in [1.165, 1.54) is 0 Å². The summed E-state index contributed by atoms with van der Waals surface area (Å²) in [5.74, 6) is 0.945. The van der Waals surface area contributed by atoms with Crippen LogP contribution in [0.25, 0.3) is 0 Å². The van der Waals surface area contributed by atoms with Crippen molar-refractivity contribution < 1.29 is 19.1 Å². The highest BCUT2D eigenvalue weighted by Gasteiger charge is 2.24. The Morgan fingerprint density at radius 1 is 0.960 bits per heavy atom. The molecule has 0 atom stereocenters. The predicted molar refractivity (Wildman–Crippen MR) is 95.6 cm³/mol. The lowest BCUT2D eigenvalue weighted by atomic mass is 10.2. The minimum Gasteiger partial charge on any atom is -0.494 e. The highest BCUT2D eigenvalue weighted by atomic mass is 16.6. The number of hydrogen-bond acceptors (Lipinski definition) is 4. The molecule has 1 aromatic rings. The molecule has 2 rings (SSSR count). The summed E-state index contributed by atoms with van der Waals surface area (Å²) >= 11 is 0. The van der Waals surface area contributed by atoms with E-state index < -0.39 is 0 Å². The molecular formula is C19H28N2O4. The molecule has 1 aliphatic rings. The van der Waals surface area contributed by atoms with Gasteiger partial charge in [-0.1, -0.05) is 31.5 Å². The molecule has 0 unspecified atom stereocenters. The Morgan fingerprint density at radius 2 is 1.64 bits per heavy atom. The smallest absolute Gasteiger partial charge is 0.409 e. The van der Waals surface area contributed by atoms with Crippen LogP contribution in [0.15, 0.2) is 30.3 Å². The van der Waals surface area contributed by atoms with Crippen molar-refractivity contribution >= 4 is 12.0 Å². The summed E-state index contributed by atoms with van der Waals surface area (Å²) < 4.78 is 10.8. The van der Waals surface area contributed by atoms with Crippen molar-refractivity contribution in [1.29, 1.82) is 0 Å². The van der Waals surface area contributed by atoms with Gasteiger partial charge < -0.3 is 19.3 Å². The lowest BCUT2D eigenvalue weighted by Crippen LogP contribution is -2.50. The van der Waals surface area contributed by atoms with Gasteiger partial charge in [-0.25, -0.2) is 4.79 Å². The van der Waals surface area contributed by atoms with Gasteiger partial charge in [-0.05, 0) is 25.0 Å². The van der Waals surface area contributed by atoms with Gasteiger partial charge in [0.05, 0.1) is 13.2 Å². The van der Waals surface area contributed by atoms with E-state index in [4.69, 9.17) is 9.47 Å². The molecule has 0 aromatic heterocycles. The fourth-order valence-electron chi connectivity index (χ4n) is 2.62. The van der Waals surface area contributed by atoms with Crippen LogP contribution in [0.2, 0.25) is 0 Å². The first-order chi connectivity index (χ1) is 12.2. The van der Waals surface area contributed by atoms with Crippen molar-refractivity contribution in [2.45, 2.75) is 32.6 Å². The summed E-state index contributed by atoms with van der Waals surface area (Å²) in [7, 11) is 0. The number of rotatable bonds is 8. The van der Waals surface area contributed by atoms with Gasteiger partial charge in [0.1, 0.15) is 5.75 Å². The second-order valence-electron chi connectivity index (χ2n) is 6.10. The third-order valence-electron chi connectivity index (χ3n) is 4.16. The highest BCUT2D eigenvalue weighted by Crippen LogP contribution is 2.10. The predicted octanol–water partition coefficient (Wildman–Crippen LogP) is 2.93. The topological polar surface area (TPSA) is 59.1 Å². The van der Waals surface area contributed by atoms with Crippen LogP contribution in [-0.4, -0.2) is 61.2 Å². The first-order valence-corrected chi connectivity index (χ1v) is 9.08. The van der Waals surface area contributed by atoms with Crippen LogP contribution in [0, 0.1) is 0 Å². The summed E-state index contributed by atoms with van der Waals surface area (Å²) in [6.45, 7) is 5.27. The average Bonchev–Trinajstić information content (AvgIpc) is 2.66. The average molecular weight is 348 g/mol. The van der Waals surface area contributed by atoms with E-state index in [0.717, 1.165) is 18.6 Å². The Labute approximate surface area is 149 Å². The molecule has 0 saturated carbocycles. The van der Waals surface area contributed by atoms with Crippen molar-refractivity contribution in [3.8, 4) is 5.75 Å². The molecule has 1 aromatic carbocycles. The molecule has 0 spiro atoms. The van der Waals surface area contributed by atoms with Crippen LogP contribution in [0.5, 0.6) is 5.75 Å². The zero-order valence-corrected chi connectivity index (χ0v) is 15.0. The second kappa shape index (κ2) is 10.6. The maximum Gasteiger partial charge on any atom is 0.409 e. The third kappa shape index (κ3) is 6.64. The number of para-hydroxylation sites is 1. The molecule has 2 amide bonds. The summed E-state index contributed by atoms with van der Waals surface area (Å²) in [5.41, 5.74) is 0. The van der Waals surface area contributed by atoms with Crippen LogP contribution >= 0.6 is 0 Å². The molecule has 1 heterocycles. The molecule has 1 fully saturated rings. The van der Waals surface area contributed by atoms with E-state index in [1.54, 1.807) is 4.90 Å². The molecule has 1 saturated heterocycles. The van der Waals surface area contributed by atoms with E-state index in [-0.39, 0.29) is 12.0 Å². The number of carbonyl (C=O) groups excluding carboxylic acids is 2. The fraction of sp³-hybridized carbons (Fsp3) is 0.579. The van der Waals surface area contributed by atoms with E-state index in [1.807, 2.05) is 35.2 Å². The number of ether oxygens (including phenoxy) is 2. The third-order valence-corrected chi connectivity index (χ3v) is 4.16. The molecule has 0 bridgehead atoms. The van der Waals surface area contributed by atoms with Crippen LogP contribution in [0.1, 0.15) is 32.6 Å². The van der Waals surface area contributed by atoms with Gasteiger partial charge in [0, 0.05) is 32.6 Å². The number of unbranched alkanes of at least 4 members (excludes halogenated alkanes) is 1. The highest BCUT2D eigenvalue weighted by molar-refractivity contribution is 5.76. The normalized spacial score (nSPS) is 14.3. The van der Waals surface area contributed by atoms with Crippen LogP contribution in [0.3, 0.4) is 0 Å². The number of amides is 2. The van der Waals surface area contributed by atoms with Crippen LogP contribution in [-0.2, 0) is 9.53 Å².